The Kier molecular flexibility index (Phi) is 8.43. The number of hydrogen-bond acceptors (Lipinski definition) is 2. The van der Waals surface area contributed by atoms with E-state index in [1.807, 2.05) is 13.0 Å². The van der Waals surface area contributed by atoms with Crippen LogP contribution in [0, 0.1) is 17.7 Å². The molecule has 1 aromatic carbocycles. The minimum atomic E-state index is -0.213. The van der Waals surface area contributed by atoms with Crippen LogP contribution in [-0.4, -0.2) is 25.5 Å². The van der Waals surface area contributed by atoms with E-state index in [9.17, 15) is 9.18 Å². The Bertz CT molecular complexity index is 464. The molecule has 0 spiro atoms. The molecule has 1 saturated heterocycles. The van der Waals surface area contributed by atoms with Gasteiger partial charge in [-0.25, -0.2) is 4.39 Å². The summed E-state index contributed by atoms with van der Waals surface area (Å²) in [6.07, 6.45) is 3.75. The summed E-state index contributed by atoms with van der Waals surface area (Å²) in [5, 5.41) is 6.35. The number of aryl methyl sites for hydroxylation is 1. The molecule has 124 valence electrons. The fraction of sp³-hybridized carbons (Fsp3) is 0.588. The van der Waals surface area contributed by atoms with E-state index in [0.717, 1.165) is 44.5 Å². The van der Waals surface area contributed by atoms with Crippen molar-refractivity contribution in [2.24, 2.45) is 11.8 Å². The second-order valence-corrected chi connectivity index (χ2v) is 6.01. The first kappa shape index (κ1) is 18.9. The average Bonchev–Trinajstić information content (AvgIpc) is 2.98. The molecule has 2 atom stereocenters. The van der Waals surface area contributed by atoms with Crippen molar-refractivity contribution in [3.63, 3.8) is 0 Å². The van der Waals surface area contributed by atoms with Gasteiger partial charge in [-0.3, -0.25) is 4.79 Å². The third kappa shape index (κ3) is 6.32. The van der Waals surface area contributed by atoms with E-state index < -0.39 is 0 Å². The lowest BCUT2D eigenvalue weighted by atomic mass is 10.00. The van der Waals surface area contributed by atoms with Gasteiger partial charge in [-0.15, -0.1) is 12.4 Å². The van der Waals surface area contributed by atoms with Gasteiger partial charge in [0.25, 0.3) is 0 Å². The zero-order chi connectivity index (χ0) is 15.1. The highest BCUT2D eigenvalue weighted by atomic mass is 35.5. The van der Waals surface area contributed by atoms with Gasteiger partial charge in [0.05, 0.1) is 0 Å². The summed E-state index contributed by atoms with van der Waals surface area (Å²) >= 11 is 0. The molecule has 0 aromatic heterocycles. The minimum Gasteiger partial charge on any atom is -0.356 e. The summed E-state index contributed by atoms with van der Waals surface area (Å²) in [5.74, 6) is 0.565. The van der Waals surface area contributed by atoms with Crippen molar-refractivity contribution in [3.05, 3.63) is 35.6 Å². The van der Waals surface area contributed by atoms with Gasteiger partial charge in [0.15, 0.2) is 0 Å². The molecular weight excluding hydrogens is 303 g/mol. The van der Waals surface area contributed by atoms with Gasteiger partial charge in [-0.05, 0) is 62.4 Å². The molecule has 1 heterocycles. The lowest BCUT2D eigenvalue weighted by molar-refractivity contribution is -0.124. The molecule has 0 bridgehead atoms. The summed E-state index contributed by atoms with van der Waals surface area (Å²) in [6, 6.07) is 6.60. The lowest BCUT2D eigenvalue weighted by Crippen LogP contribution is -2.31. The van der Waals surface area contributed by atoms with Crippen LogP contribution < -0.4 is 10.6 Å². The van der Waals surface area contributed by atoms with E-state index in [-0.39, 0.29) is 30.0 Å². The van der Waals surface area contributed by atoms with E-state index in [4.69, 9.17) is 0 Å². The quantitative estimate of drug-likeness (QED) is 0.808. The van der Waals surface area contributed by atoms with Crippen molar-refractivity contribution in [1.29, 1.82) is 0 Å². The second-order valence-electron chi connectivity index (χ2n) is 6.01. The molecule has 2 rings (SSSR count). The van der Waals surface area contributed by atoms with Crippen LogP contribution in [0.5, 0.6) is 0 Å². The fourth-order valence-electron chi connectivity index (χ4n) is 2.74. The molecule has 0 saturated carbocycles. The summed E-state index contributed by atoms with van der Waals surface area (Å²) in [6.45, 7) is 4.87. The van der Waals surface area contributed by atoms with E-state index in [2.05, 4.69) is 10.6 Å². The zero-order valence-corrected chi connectivity index (χ0v) is 13.9. The molecule has 22 heavy (non-hydrogen) atoms. The molecular formula is C17H26ClFN2O. The predicted molar refractivity (Wildman–Crippen MR) is 89.7 cm³/mol. The summed E-state index contributed by atoms with van der Waals surface area (Å²) in [5.41, 5.74) is 0.951. The van der Waals surface area contributed by atoms with E-state index in [1.54, 1.807) is 6.07 Å². The number of carbonyl (C=O) groups is 1. The molecule has 2 unspecified atom stereocenters. The molecule has 2 N–H and O–H groups in total. The van der Waals surface area contributed by atoms with Crippen LogP contribution in [0.25, 0.3) is 0 Å². The first-order valence-corrected chi connectivity index (χ1v) is 7.88. The highest BCUT2D eigenvalue weighted by Crippen LogP contribution is 2.13. The number of carbonyl (C=O) groups excluding carboxylic acids is 1. The highest BCUT2D eigenvalue weighted by molar-refractivity contribution is 5.85. The number of hydrogen-bond donors (Lipinski definition) is 2. The fourth-order valence-corrected chi connectivity index (χ4v) is 2.74. The number of halogens is 2. The van der Waals surface area contributed by atoms with Crippen LogP contribution >= 0.6 is 12.4 Å². The number of nitrogens with one attached hydrogen (secondary N) is 2. The molecule has 1 aliphatic rings. The van der Waals surface area contributed by atoms with Crippen LogP contribution in [0.4, 0.5) is 4.39 Å². The van der Waals surface area contributed by atoms with E-state index in [0.29, 0.717) is 5.92 Å². The Morgan fingerprint density at radius 3 is 3.00 bits per heavy atom. The molecule has 1 fully saturated rings. The van der Waals surface area contributed by atoms with Crippen molar-refractivity contribution in [3.8, 4) is 0 Å². The van der Waals surface area contributed by atoms with Gasteiger partial charge >= 0.3 is 0 Å². The molecule has 3 nitrogen and oxygen atoms in total. The molecule has 1 aliphatic heterocycles. The van der Waals surface area contributed by atoms with Gasteiger partial charge in [0.1, 0.15) is 5.82 Å². The monoisotopic (exact) mass is 328 g/mol. The van der Waals surface area contributed by atoms with Crippen molar-refractivity contribution < 1.29 is 9.18 Å². The topological polar surface area (TPSA) is 41.1 Å². The molecule has 5 heteroatoms. The van der Waals surface area contributed by atoms with Gasteiger partial charge < -0.3 is 10.6 Å². The smallest absolute Gasteiger partial charge is 0.222 e. The average molecular weight is 329 g/mol. The minimum absolute atomic E-state index is 0. The van der Waals surface area contributed by atoms with Crippen LogP contribution in [0.15, 0.2) is 24.3 Å². The van der Waals surface area contributed by atoms with Crippen molar-refractivity contribution in [1.82, 2.24) is 10.6 Å². The first-order valence-electron chi connectivity index (χ1n) is 7.88. The Hall–Kier alpha value is -1.13. The van der Waals surface area contributed by atoms with Crippen LogP contribution in [0.2, 0.25) is 0 Å². The largest absolute Gasteiger partial charge is 0.356 e. The Balaban J connectivity index is 0.00000242. The summed E-state index contributed by atoms with van der Waals surface area (Å²) in [4.78, 5) is 12.0. The van der Waals surface area contributed by atoms with Gasteiger partial charge in [0.2, 0.25) is 5.91 Å². The summed E-state index contributed by atoms with van der Waals surface area (Å²) in [7, 11) is 0. The summed E-state index contributed by atoms with van der Waals surface area (Å²) < 4.78 is 13.1. The highest BCUT2D eigenvalue weighted by Gasteiger charge is 2.16. The van der Waals surface area contributed by atoms with E-state index >= 15 is 0 Å². The number of benzene rings is 1. The SMILES string of the molecule is CC(CCc1cccc(F)c1)C(=O)NCCC1CCNC1.Cl. The maximum absolute atomic E-state index is 13.1. The normalized spacial score (nSPS) is 18.5. The maximum atomic E-state index is 13.1. The van der Waals surface area contributed by atoms with Crippen molar-refractivity contribution in [2.75, 3.05) is 19.6 Å². The third-order valence-electron chi connectivity index (χ3n) is 4.22. The number of amides is 1. The zero-order valence-electron chi connectivity index (χ0n) is 13.1. The number of rotatable bonds is 7. The standard InChI is InChI=1S/C17H25FN2O.ClH/c1-13(5-6-14-3-2-4-16(18)11-14)17(21)20-10-8-15-7-9-19-12-15;/h2-4,11,13,15,19H,5-10,12H2,1H3,(H,20,21);1H. The van der Waals surface area contributed by atoms with Crippen molar-refractivity contribution >= 4 is 18.3 Å². The lowest BCUT2D eigenvalue weighted by Gasteiger charge is -2.14. The van der Waals surface area contributed by atoms with Crippen LogP contribution in [0.3, 0.4) is 0 Å². The Morgan fingerprint density at radius 1 is 1.50 bits per heavy atom. The molecule has 0 aliphatic carbocycles. The molecule has 1 aromatic rings. The van der Waals surface area contributed by atoms with Gasteiger partial charge in [-0.1, -0.05) is 19.1 Å². The first-order chi connectivity index (χ1) is 10.1. The Labute approximate surface area is 138 Å². The second kappa shape index (κ2) is 9.80. The van der Waals surface area contributed by atoms with Crippen molar-refractivity contribution in [2.45, 2.75) is 32.6 Å². The maximum Gasteiger partial charge on any atom is 0.222 e. The van der Waals surface area contributed by atoms with Gasteiger partial charge in [-0.2, -0.15) is 0 Å². The molecule has 0 radical (unpaired) electrons. The third-order valence-corrected chi connectivity index (χ3v) is 4.22. The van der Waals surface area contributed by atoms with Gasteiger partial charge in [0, 0.05) is 12.5 Å². The predicted octanol–water partition coefficient (Wildman–Crippen LogP) is 2.93. The van der Waals surface area contributed by atoms with Crippen LogP contribution in [-0.2, 0) is 11.2 Å². The van der Waals surface area contributed by atoms with Crippen LogP contribution in [0.1, 0.15) is 31.7 Å². The van der Waals surface area contributed by atoms with E-state index in [1.165, 1.54) is 18.6 Å². The Morgan fingerprint density at radius 2 is 2.32 bits per heavy atom. The molecule has 1 amide bonds.